The molecule has 0 spiro atoms. The molecule has 0 saturated heterocycles. The third-order valence-corrected chi connectivity index (χ3v) is 3.48. The molecule has 0 aliphatic rings. The summed E-state index contributed by atoms with van der Waals surface area (Å²) in [4.78, 5) is 16.0. The number of nitrogens with one attached hydrogen (secondary N) is 1. The average molecular weight is 360 g/mol. The summed E-state index contributed by atoms with van der Waals surface area (Å²) in [5.74, 6) is -0.0411. The molecule has 0 radical (unpaired) electrons. The van der Waals surface area contributed by atoms with E-state index in [9.17, 15) is 4.79 Å². The van der Waals surface area contributed by atoms with Gasteiger partial charge in [0, 0.05) is 13.1 Å². The van der Waals surface area contributed by atoms with E-state index in [1.165, 1.54) is 6.33 Å². The smallest absolute Gasteiger partial charge is 0.227 e. The molecule has 2 rings (SSSR count). The van der Waals surface area contributed by atoms with E-state index in [-0.39, 0.29) is 30.7 Å². The van der Waals surface area contributed by atoms with Crippen LogP contribution in [0.2, 0.25) is 0 Å². The molecule has 0 saturated carbocycles. The van der Waals surface area contributed by atoms with Crippen LogP contribution in [-0.4, -0.2) is 27.2 Å². The lowest BCUT2D eigenvalue weighted by atomic mass is 9.92. The predicted molar refractivity (Wildman–Crippen MR) is 94.7 cm³/mol. The van der Waals surface area contributed by atoms with Crippen molar-refractivity contribution >= 4 is 30.7 Å². The largest absolute Gasteiger partial charge is 0.352 e. The molecule has 8 heteroatoms. The molecule has 128 valence electrons. The van der Waals surface area contributed by atoms with Gasteiger partial charge in [0.1, 0.15) is 12.7 Å². The summed E-state index contributed by atoms with van der Waals surface area (Å²) in [7, 11) is 0. The number of hydrogen-bond acceptors (Lipinski definition) is 4. The fourth-order valence-electron chi connectivity index (χ4n) is 1.88. The molecule has 0 aliphatic carbocycles. The molecule has 2 aromatic rings. The maximum Gasteiger partial charge on any atom is 0.227 e. The highest BCUT2D eigenvalue weighted by molar-refractivity contribution is 5.85. The van der Waals surface area contributed by atoms with Crippen LogP contribution in [0, 0.1) is 5.41 Å². The van der Waals surface area contributed by atoms with E-state index in [1.54, 1.807) is 11.0 Å². The number of nitrogens with zero attached hydrogens (tertiary/aromatic N) is 3. The first kappa shape index (κ1) is 21.4. The van der Waals surface area contributed by atoms with Gasteiger partial charge < -0.3 is 11.1 Å². The van der Waals surface area contributed by atoms with Crippen LogP contribution in [-0.2, 0) is 17.9 Å². The van der Waals surface area contributed by atoms with Gasteiger partial charge in [0.15, 0.2) is 0 Å². The highest BCUT2D eigenvalue weighted by Gasteiger charge is 2.25. The molecule has 0 fully saturated rings. The van der Waals surface area contributed by atoms with Gasteiger partial charge in [-0.3, -0.25) is 4.79 Å². The molecule has 23 heavy (non-hydrogen) atoms. The van der Waals surface area contributed by atoms with Crippen molar-refractivity contribution < 1.29 is 4.79 Å². The monoisotopic (exact) mass is 359 g/mol. The van der Waals surface area contributed by atoms with Crippen LogP contribution in [0.3, 0.4) is 0 Å². The van der Waals surface area contributed by atoms with Crippen LogP contribution in [0.25, 0.3) is 0 Å². The highest BCUT2D eigenvalue weighted by atomic mass is 35.5. The maximum absolute atomic E-state index is 12.1. The minimum absolute atomic E-state index is 0. The molecule has 0 bridgehead atoms. The van der Waals surface area contributed by atoms with Crippen molar-refractivity contribution in [2.45, 2.75) is 26.9 Å². The minimum atomic E-state index is -0.555. The predicted octanol–water partition coefficient (Wildman–Crippen LogP) is 1.77. The molecule has 1 heterocycles. The fraction of sp³-hybridized carbons (Fsp3) is 0.400. The molecule has 6 nitrogen and oxygen atoms in total. The molecule has 0 atom stereocenters. The SMILES string of the molecule is CC(C)(CN)C(=O)NCc1ccccc1Cn1cncn1.Cl.Cl. The van der Waals surface area contributed by atoms with E-state index in [0.717, 1.165) is 11.1 Å². The Morgan fingerprint density at radius 2 is 1.91 bits per heavy atom. The van der Waals surface area contributed by atoms with Crippen molar-refractivity contribution in [2.24, 2.45) is 11.1 Å². The van der Waals surface area contributed by atoms with Gasteiger partial charge in [-0.05, 0) is 25.0 Å². The fourth-order valence-corrected chi connectivity index (χ4v) is 1.88. The van der Waals surface area contributed by atoms with Crippen molar-refractivity contribution in [3.8, 4) is 0 Å². The number of nitrogens with two attached hydrogens (primary N) is 1. The van der Waals surface area contributed by atoms with E-state index < -0.39 is 5.41 Å². The van der Waals surface area contributed by atoms with Gasteiger partial charge in [-0.15, -0.1) is 24.8 Å². The van der Waals surface area contributed by atoms with Gasteiger partial charge in [0.2, 0.25) is 5.91 Å². The van der Waals surface area contributed by atoms with E-state index in [2.05, 4.69) is 15.4 Å². The topological polar surface area (TPSA) is 85.8 Å². The summed E-state index contributed by atoms with van der Waals surface area (Å²) in [6.07, 6.45) is 3.18. The normalized spacial score (nSPS) is 10.4. The van der Waals surface area contributed by atoms with Crippen molar-refractivity contribution in [3.63, 3.8) is 0 Å². The Balaban J connectivity index is 0.00000242. The number of carbonyl (C=O) groups excluding carboxylic acids is 1. The van der Waals surface area contributed by atoms with Gasteiger partial charge in [-0.25, -0.2) is 9.67 Å². The van der Waals surface area contributed by atoms with Crippen LogP contribution >= 0.6 is 24.8 Å². The van der Waals surface area contributed by atoms with Gasteiger partial charge in [-0.2, -0.15) is 5.10 Å². The third kappa shape index (κ3) is 5.82. The van der Waals surface area contributed by atoms with Gasteiger partial charge in [0.25, 0.3) is 0 Å². The molecule has 0 unspecified atom stereocenters. The number of halogens is 2. The molecule has 0 aliphatic heterocycles. The first-order valence-electron chi connectivity index (χ1n) is 6.90. The molecule has 3 N–H and O–H groups in total. The lowest BCUT2D eigenvalue weighted by molar-refractivity contribution is -0.129. The Hall–Kier alpha value is -1.63. The summed E-state index contributed by atoms with van der Waals surface area (Å²) < 4.78 is 1.75. The summed E-state index contributed by atoms with van der Waals surface area (Å²) in [5.41, 5.74) is 7.23. The van der Waals surface area contributed by atoms with Gasteiger partial charge in [-0.1, -0.05) is 24.3 Å². The first-order chi connectivity index (χ1) is 10.0. The minimum Gasteiger partial charge on any atom is -0.352 e. The standard InChI is InChI=1S/C15H21N5O.2ClH/c1-15(2,9-16)14(21)18-7-12-5-3-4-6-13(12)8-20-11-17-10-19-20;;/h3-6,10-11H,7-9,16H2,1-2H3,(H,18,21);2*1H. The van der Waals surface area contributed by atoms with Crippen molar-refractivity contribution in [3.05, 3.63) is 48.0 Å². The zero-order chi connectivity index (χ0) is 15.3. The lowest BCUT2D eigenvalue weighted by Gasteiger charge is -2.21. The van der Waals surface area contributed by atoms with Crippen LogP contribution in [0.1, 0.15) is 25.0 Å². The Bertz CT molecular complexity index is 602. The van der Waals surface area contributed by atoms with Crippen LogP contribution in [0.15, 0.2) is 36.9 Å². The summed E-state index contributed by atoms with van der Waals surface area (Å²) in [6.45, 7) is 5.10. The number of hydrogen-bond donors (Lipinski definition) is 2. The van der Waals surface area contributed by atoms with E-state index in [0.29, 0.717) is 19.6 Å². The Morgan fingerprint density at radius 3 is 2.48 bits per heavy atom. The zero-order valence-electron chi connectivity index (χ0n) is 13.2. The van der Waals surface area contributed by atoms with E-state index in [1.807, 2.05) is 38.1 Å². The number of aromatic nitrogens is 3. The second-order valence-corrected chi connectivity index (χ2v) is 5.63. The van der Waals surface area contributed by atoms with E-state index >= 15 is 0 Å². The number of amides is 1. The highest BCUT2D eigenvalue weighted by Crippen LogP contribution is 2.14. The number of rotatable bonds is 6. The average Bonchev–Trinajstić information content (AvgIpc) is 2.99. The Labute approximate surface area is 148 Å². The second-order valence-electron chi connectivity index (χ2n) is 5.63. The molecule has 1 aromatic heterocycles. The van der Waals surface area contributed by atoms with Crippen LogP contribution < -0.4 is 11.1 Å². The van der Waals surface area contributed by atoms with Crippen LogP contribution in [0.5, 0.6) is 0 Å². The molecule has 1 aromatic carbocycles. The second kappa shape index (κ2) is 9.50. The lowest BCUT2D eigenvalue weighted by Crippen LogP contribution is -2.41. The Kier molecular flexibility index (Phi) is 8.82. The zero-order valence-corrected chi connectivity index (χ0v) is 14.9. The first-order valence-corrected chi connectivity index (χ1v) is 6.90. The Morgan fingerprint density at radius 1 is 1.26 bits per heavy atom. The molecular weight excluding hydrogens is 337 g/mol. The third-order valence-electron chi connectivity index (χ3n) is 3.48. The maximum atomic E-state index is 12.1. The summed E-state index contributed by atoms with van der Waals surface area (Å²) in [5, 5.41) is 7.05. The van der Waals surface area contributed by atoms with E-state index in [4.69, 9.17) is 5.73 Å². The van der Waals surface area contributed by atoms with Crippen molar-refractivity contribution in [1.29, 1.82) is 0 Å². The van der Waals surface area contributed by atoms with Gasteiger partial charge in [0.05, 0.1) is 12.0 Å². The molecule has 1 amide bonds. The summed E-state index contributed by atoms with van der Waals surface area (Å²) in [6, 6.07) is 7.96. The number of carbonyl (C=O) groups is 1. The van der Waals surface area contributed by atoms with Crippen LogP contribution in [0.4, 0.5) is 0 Å². The van der Waals surface area contributed by atoms with Crippen molar-refractivity contribution in [1.82, 2.24) is 20.1 Å². The molecular formula is C15H23Cl2N5O. The summed E-state index contributed by atoms with van der Waals surface area (Å²) >= 11 is 0. The quantitative estimate of drug-likeness (QED) is 0.822. The number of benzene rings is 1. The van der Waals surface area contributed by atoms with Gasteiger partial charge >= 0.3 is 0 Å². The van der Waals surface area contributed by atoms with Crippen molar-refractivity contribution in [2.75, 3.05) is 6.54 Å².